The predicted octanol–water partition coefficient (Wildman–Crippen LogP) is 3.22. The normalized spacial score (nSPS) is 15.8. The lowest BCUT2D eigenvalue weighted by Crippen LogP contribution is -2.31. The molecule has 2 unspecified atom stereocenters. The molecule has 0 heterocycles. The lowest BCUT2D eigenvalue weighted by Gasteiger charge is -2.19. The van der Waals surface area contributed by atoms with E-state index in [1.54, 1.807) is 0 Å². The quantitative estimate of drug-likeness (QED) is 0.598. The van der Waals surface area contributed by atoms with Gasteiger partial charge in [-0.2, -0.15) is 0 Å². The van der Waals surface area contributed by atoms with Gasteiger partial charge in [-0.1, -0.05) is 26.8 Å². The van der Waals surface area contributed by atoms with Gasteiger partial charge < -0.3 is 5.32 Å². The molecular formula is C12H25N. The smallest absolute Gasteiger partial charge is 0.00417 e. The maximum Gasteiger partial charge on any atom is 0.00417 e. The van der Waals surface area contributed by atoms with Gasteiger partial charge in [-0.15, -0.1) is 6.58 Å². The van der Waals surface area contributed by atoms with E-state index in [2.05, 4.69) is 39.6 Å². The number of hydrogen-bond acceptors (Lipinski definition) is 1. The topological polar surface area (TPSA) is 12.0 Å². The molecule has 1 N–H and O–H groups in total. The summed E-state index contributed by atoms with van der Waals surface area (Å²) in [7, 11) is 0. The Morgan fingerprint density at radius 3 is 2.31 bits per heavy atom. The lowest BCUT2D eigenvalue weighted by atomic mass is 9.98. The van der Waals surface area contributed by atoms with Crippen molar-refractivity contribution in [2.24, 2.45) is 11.8 Å². The molecule has 0 radical (unpaired) electrons. The second-order valence-corrected chi connectivity index (χ2v) is 4.40. The van der Waals surface area contributed by atoms with E-state index in [0.29, 0.717) is 6.04 Å². The summed E-state index contributed by atoms with van der Waals surface area (Å²) in [6.07, 6.45) is 4.31. The second kappa shape index (κ2) is 7.14. The highest BCUT2D eigenvalue weighted by atomic mass is 14.9. The highest BCUT2D eigenvalue weighted by Crippen LogP contribution is 2.08. The molecule has 0 amide bonds. The summed E-state index contributed by atoms with van der Waals surface area (Å²) in [5.74, 6) is 1.55. The molecule has 2 atom stereocenters. The molecule has 0 fully saturated rings. The van der Waals surface area contributed by atoms with Gasteiger partial charge in [0.15, 0.2) is 0 Å². The summed E-state index contributed by atoms with van der Waals surface area (Å²) in [6, 6.07) is 0.624. The van der Waals surface area contributed by atoms with Gasteiger partial charge in [-0.25, -0.2) is 0 Å². The Morgan fingerprint density at radius 2 is 1.85 bits per heavy atom. The van der Waals surface area contributed by atoms with Crippen molar-refractivity contribution in [2.45, 2.75) is 46.6 Å². The third-order valence-corrected chi connectivity index (χ3v) is 2.73. The number of hydrogen-bond donors (Lipinski definition) is 1. The summed E-state index contributed by atoms with van der Waals surface area (Å²) in [4.78, 5) is 0. The summed E-state index contributed by atoms with van der Waals surface area (Å²) < 4.78 is 0. The Labute approximate surface area is 83.6 Å². The van der Waals surface area contributed by atoms with Crippen LogP contribution in [0.5, 0.6) is 0 Å². The first-order valence-electron chi connectivity index (χ1n) is 5.42. The van der Waals surface area contributed by atoms with Crippen LogP contribution in [0.25, 0.3) is 0 Å². The molecule has 1 heteroatoms. The zero-order valence-corrected chi connectivity index (χ0v) is 9.64. The van der Waals surface area contributed by atoms with Gasteiger partial charge in [-0.3, -0.25) is 0 Å². The summed E-state index contributed by atoms with van der Waals surface area (Å²) in [5.41, 5.74) is 0. The van der Waals surface area contributed by atoms with Crippen LogP contribution in [-0.2, 0) is 0 Å². The van der Waals surface area contributed by atoms with Gasteiger partial charge in [0.05, 0.1) is 0 Å². The van der Waals surface area contributed by atoms with Crippen molar-refractivity contribution in [1.82, 2.24) is 5.32 Å². The Bertz CT molecular complexity index is 129. The Kier molecular flexibility index (Phi) is 6.97. The second-order valence-electron chi connectivity index (χ2n) is 4.40. The molecule has 0 aromatic carbocycles. The van der Waals surface area contributed by atoms with Crippen molar-refractivity contribution in [2.75, 3.05) is 6.54 Å². The van der Waals surface area contributed by atoms with E-state index >= 15 is 0 Å². The highest BCUT2D eigenvalue weighted by molar-refractivity contribution is 4.72. The van der Waals surface area contributed by atoms with E-state index in [4.69, 9.17) is 0 Å². The van der Waals surface area contributed by atoms with Crippen LogP contribution >= 0.6 is 0 Å². The zero-order chi connectivity index (χ0) is 10.3. The monoisotopic (exact) mass is 183 g/mol. The molecular weight excluding hydrogens is 158 g/mol. The van der Waals surface area contributed by atoms with E-state index in [-0.39, 0.29) is 0 Å². The Morgan fingerprint density at radius 1 is 1.23 bits per heavy atom. The van der Waals surface area contributed by atoms with Crippen LogP contribution in [0.2, 0.25) is 0 Å². The zero-order valence-electron chi connectivity index (χ0n) is 9.64. The molecule has 78 valence electrons. The van der Waals surface area contributed by atoms with Crippen LogP contribution in [0.15, 0.2) is 12.7 Å². The molecule has 0 rings (SSSR count). The summed E-state index contributed by atoms with van der Waals surface area (Å²) in [5, 5.41) is 3.55. The SMILES string of the molecule is C=CCCC(C)NCC(C)C(C)C. The fraction of sp³-hybridized carbons (Fsp3) is 0.833. The fourth-order valence-electron chi connectivity index (χ4n) is 1.09. The van der Waals surface area contributed by atoms with Gasteiger partial charge in [0.25, 0.3) is 0 Å². The summed E-state index contributed by atoms with van der Waals surface area (Å²) in [6.45, 7) is 14.0. The van der Waals surface area contributed by atoms with Crippen molar-refractivity contribution in [3.63, 3.8) is 0 Å². The van der Waals surface area contributed by atoms with Gasteiger partial charge in [0, 0.05) is 6.04 Å². The van der Waals surface area contributed by atoms with Gasteiger partial charge in [0.1, 0.15) is 0 Å². The molecule has 0 aromatic rings. The number of rotatable bonds is 7. The van der Waals surface area contributed by atoms with Gasteiger partial charge >= 0.3 is 0 Å². The molecule has 13 heavy (non-hydrogen) atoms. The van der Waals surface area contributed by atoms with E-state index in [1.165, 1.54) is 6.42 Å². The maximum atomic E-state index is 3.73. The molecule has 0 bridgehead atoms. The van der Waals surface area contributed by atoms with E-state index in [1.807, 2.05) is 6.08 Å². The minimum absolute atomic E-state index is 0.624. The van der Waals surface area contributed by atoms with Crippen LogP contribution in [-0.4, -0.2) is 12.6 Å². The molecule has 0 aromatic heterocycles. The van der Waals surface area contributed by atoms with Crippen molar-refractivity contribution < 1.29 is 0 Å². The van der Waals surface area contributed by atoms with Crippen molar-refractivity contribution in [3.8, 4) is 0 Å². The van der Waals surface area contributed by atoms with Crippen molar-refractivity contribution >= 4 is 0 Å². The van der Waals surface area contributed by atoms with Gasteiger partial charge in [0.2, 0.25) is 0 Å². The third kappa shape index (κ3) is 6.83. The molecule has 0 spiro atoms. The number of nitrogens with one attached hydrogen (secondary N) is 1. The average molecular weight is 183 g/mol. The van der Waals surface area contributed by atoms with Crippen LogP contribution in [0.3, 0.4) is 0 Å². The molecule has 0 saturated heterocycles. The Hall–Kier alpha value is -0.300. The molecule has 0 saturated carbocycles. The maximum absolute atomic E-state index is 3.73. The largest absolute Gasteiger partial charge is 0.314 e. The first kappa shape index (κ1) is 12.7. The van der Waals surface area contributed by atoms with Crippen molar-refractivity contribution in [3.05, 3.63) is 12.7 Å². The summed E-state index contributed by atoms with van der Waals surface area (Å²) >= 11 is 0. The average Bonchev–Trinajstić information content (AvgIpc) is 2.10. The highest BCUT2D eigenvalue weighted by Gasteiger charge is 2.07. The van der Waals surface area contributed by atoms with Crippen LogP contribution in [0.1, 0.15) is 40.5 Å². The minimum Gasteiger partial charge on any atom is -0.314 e. The Balaban J connectivity index is 3.45. The third-order valence-electron chi connectivity index (χ3n) is 2.73. The van der Waals surface area contributed by atoms with Crippen molar-refractivity contribution in [1.29, 1.82) is 0 Å². The number of allylic oxidation sites excluding steroid dienone is 1. The van der Waals surface area contributed by atoms with Gasteiger partial charge in [-0.05, 0) is 38.1 Å². The first-order valence-corrected chi connectivity index (χ1v) is 5.42. The molecule has 0 aliphatic carbocycles. The van der Waals surface area contributed by atoms with E-state index in [0.717, 1.165) is 24.8 Å². The van der Waals surface area contributed by atoms with Crippen LogP contribution in [0, 0.1) is 11.8 Å². The van der Waals surface area contributed by atoms with Crippen LogP contribution in [0.4, 0.5) is 0 Å². The molecule has 0 aliphatic rings. The fourth-order valence-corrected chi connectivity index (χ4v) is 1.09. The van der Waals surface area contributed by atoms with Crippen LogP contribution < -0.4 is 5.32 Å². The molecule has 1 nitrogen and oxygen atoms in total. The lowest BCUT2D eigenvalue weighted by molar-refractivity contribution is 0.368. The molecule has 0 aliphatic heterocycles. The predicted molar refractivity (Wildman–Crippen MR) is 60.9 cm³/mol. The minimum atomic E-state index is 0.624. The first-order chi connectivity index (χ1) is 6.07. The standard InChI is InChI=1S/C12H25N/c1-6-7-8-12(5)13-9-11(4)10(2)3/h6,10-13H,1,7-9H2,2-5H3. The van der Waals surface area contributed by atoms with E-state index < -0.39 is 0 Å². The van der Waals surface area contributed by atoms with E-state index in [9.17, 15) is 0 Å².